The van der Waals surface area contributed by atoms with Crippen LogP contribution in [0.4, 0.5) is 10.8 Å². The molecular weight excluding hydrogens is 310 g/mol. The number of hydrogen-bond acceptors (Lipinski definition) is 7. The van der Waals surface area contributed by atoms with E-state index in [1.54, 1.807) is 0 Å². The molecule has 0 bridgehead atoms. The second-order valence-corrected chi connectivity index (χ2v) is 8.98. The monoisotopic (exact) mass is 331 g/mol. The third-order valence-electron chi connectivity index (χ3n) is 4.23. The van der Waals surface area contributed by atoms with Crippen molar-refractivity contribution < 1.29 is 13.5 Å². The summed E-state index contributed by atoms with van der Waals surface area (Å²) in [5, 5.41) is 13.2. The van der Waals surface area contributed by atoms with E-state index < -0.39 is 9.84 Å². The molecule has 0 aliphatic heterocycles. The van der Waals surface area contributed by atoms with Crippen LogP contribution in [0.3, 0.4) is 0 Å². The predicted octanol–water partition coefficient (Wildman–Crippen LogP) is 1.62. The number of aliphatic hydroxyl groups is 1. The van der Waals surface area contributed by atoms with E-state index in [1.807, 2.05) is 0 Å². The van der Waals surface area contributed by atoms with E-state index in [0.717, 1.165) is 37.2 Å². The van der Waals surface area contributed by atoms with Gasteiger partial charge in [-0.15, -0.1) is 0 Å². The van der Waals surface area contributed by atoms with Gasteiger partial charge in [0.05, 0.1) is 11.4 Å². The third-order valence-corrected chi connectivity index (χ3v) is 7.51. The molecule has 4 N–H and O–H groups in total. The maximum Gasteiger partial charge on any atom is 0.187 e. The Bertz CT molecular complexity index is 610. The van der Waals surface area contributed by atoms with Gasteiger partial charge in [0.1, 0.15) is 9.90 Å². The van der Waals surface area contributed by atoms with Gasteiger partial charge in [-0.2, -0.15) is 4.37 Å². The van der Waals surface area contributed by atoms with Crippen LogP contribution in [-0.2, 0) is 9.84 Å². The Morgan fingerprint density at radius 3 is 2.76 bits per heavy atom. The zero-order valence-corrected chi connectivity index (χ0v) is 13.4. The van der Waals surface area contributed by atoms with Crippen molar-refractivity contribution in [2.24, 2.45) is 5.92 Å². The molecule has 0 aromatic carbocycles. The molecular formula is C13H21N3O3S2. The molecule has 2 unspecified atom stereocenters. The van der Waals surface area contributed by atoms with E-state index in [0.29, 0.717) is 30.3 Å². The Morgan fingerprint density at radius 1 is 1.33 bits per heavy atom. The first-order valence-electron chi connectivity index (χ1n) is 7.39. The second kappa shape index (κ2) is 5.73. The lowest BCUT2D eigenvalue weighted by atomic mass is 9.87. The first-order valence-corrected chi connectivity index (χ1v) is 9.71. The van der Waals surface area contributed by atoms with Gasteiger partial charge in [-0.1, -0.05) is 6.42 Å². The summed E-state index contributed by atoms with van der Waals surface area (Å²) in [7, 11) is -3.34. The number of aromatic nitrogens is 1. The van der Waals surface area contributed by atoms with Crippen molar-refractivity contribution in [2.45, 2.75) is 54.8 Å². The van der Waals surface area contributed by atoms with Crippen molar-refractivity contribution in [1.29, 1.82) is 0 Å². The van der Waals surface area contributed by atoms with Gasteiger partial charge in [0.15, 0.2) is 15.7 Å². The summed E-state index contributed by atoms with van der Waals surface area (Å²) < 4.78 is 28.8. The standard InChI is InChI=1S/C13H21N3O3S2/c14-12-11(21(18,19)10-4-5-10)13(20-16-12)15-7-8-2-1-3-9(17)6-8/h8-10,15,17H,1-7H2,(H2,14,16). The zero-order valence-electron chi connectivity index (χ0n) is 11.8. The molecule has 21 heavy (non-hydrogen) atoms. The van der Waals surface area contributed by atoms with Crippen LogP contribution in [-0.4, -0.2) is 35.8 Å². The molecule has 2 aliphatic rings. The lowest BCUT2D eigenvalue weighted by Gasteiger charge is -2.26. The van der Waals surface area contributed by atoms with Gasteiger partial charge in [0.25, 0.3) is 0 Å². The zero-order chi connectivity index (χ0) is 15.0. The Labute approximate surface area is 128 Å². The Kier molecular flexibility index (Phi) is 4.11. The van der Waals surface area contributed by atoms with Crippen LogP contribution in [0.5, 0.6) is 0 Å². The molecule has 3 rings (SSSR count). The van der Waals surface area contributed by atoms with Gasteiger partial charge in [-0.25, -0.2) is 8.42 Å². The molecule has 0 spiro atoms. The Morgan fingerprint density at radius 2 is 2.10 bits per heavy atom. The maximum atomic E-state index is 12.4. The highest BCUT2D eigenvalue weighted by Crippen LogP contribution is 2.41. The highest BCUT2D eigenvalue weighted by Gasteiger charge is 2.40. The van der Waals surface area contributed by atoms with E-state index in [9.17, 15) is 13.5 Å². The quantitative estimate of drug-likeness (QED) is 0.757. The van der Waals surface area contributed by atoms with Gasteiger partial charge in [-0.05, 0) is 49.6 Å². The fourth-order valence-electron chi connectivity index (χ4n) is 2.91. The SMILES string of the molecule is Nc1nsc(NCC2CCCC(O)C2)c1S(=O)(=O)C1CC1. The molecule has 2 atom stereocenters. The molecule has 8 heteroatoms. The molecule has 118 valence electrons. The fourth-order valence-corrected chi connectivity index (χ4v) is 5.80. The number of aliphatic hydroxyl groups excluding tert-OH is 1. The number of hydrogen-bond donors (Lipinski definition) is 3. The van der Waals surface area contributed by atoms with Crippen LogP contribution in [0.15, 0.2) is 4.90 Å². The maximum absolute atomic E-state index is 12.4. The molecule has 0 amide bonds. The van der Waals surface area contributed by atoms with Gasteiger partial charge in [-0.3, -0.25) is 0 Å². The van der Waals surface area contributed by atoms with E-state index in [-0.39, 0.29) is 22.1 Å². The number of anilines is 2. The summed E-state index contributed by atoms with van der Waals surface area (Å²) in [4.78, 5) is 0.186. The average molecular weight is 331 g/mol. The molecule has 1 aromatic rings. The van der Waals surface area contributed by atoms with Crippen molar-refractivity contribution >= 4 is 32.2 Å². The van der Waals surface area contributed by atoms with Crippen LogP contribution < -0.4 is 11.1 Å². The molecule has 0 radical (unpaired) electrons. The summed E-state index contributed by atoms with van der Waals surface area (Å²) in [6.45, 7) is 0.659. The van der Waals surface area contributed by atoms with Crippen LogP contribution in [0, 0.1) is 5.92 Å². The number of nitrogens with zero attached hydrogens (tertiary/aromatic N) is 1. The van der Waals surface area contributed by atoms with Gasteiger partial charge < -0.3 is 16.2 Å². The van der Waals surface area contributed by atoms with Gasteiger partial charge in [0, 0.05) is 6.54 Å². The van der Waals surface area contributed by atoms with E-state index in [1.165, 1.54) is 0 Å². The second-order valence-electron chi connectivity index (χ2n) is 6.04. The first kappa shape index (κ1) is 15.1. The van der Waals surface area contributed by atoms with E-state index in [4.69, 9.17) is 5.73 Å². The Balaban J connectivity index is 1.71. The summed E-state index contributed by atoms with van der Waals surface area (Å²) in [5.41, 5.74) is 5.76. The normalized spacial score (nSPS) is 26.7. The molecule has 6 nitrogen and oxygen atoms in total. The summed E-state index contributed by atoms with van der Waals surface area (Å²) >= 11 is 1.11. The van der Waals surface area contributed by atoms with Crippen molar-refractivity contribution in [2.75, 3.05) is 17.6 Å². The number of nitrogens with two attached hydrogens (primary N) is 1. The smallest absolute Gasteiger partial charge is 0.187 e. The van der Waals surface area contributed by atoms with E-state index >= 15 is 0 Å². The number of nitrogens with one attached hydrogen (secondary N) is 1. The van der Waals surface area contributed by atoms with Crippen LogP contribution in [0.2, 0.25) is 0 Å². The minimum Gasteiger partial charge on any atom is -0.393 e. The first-order chi connectivity index (χ1) is 9.98. The molecule has 2 aliphatic carbocycles. The molecule has 1 heterocycles. The number of rotatable bonds is 5. The topological polar surface area (TPSA) is 105 Å². The van der Waals surface area contributed by atoms with Gasteiger partial charge in [0.2, 0.25) is 0 Å². The third kappa shape index (κ3) is 3.17. The van der Waals surface area contributed by atoms with Crippen molar-refractivity contribution in [3.05, 3.63) is 0 Å². The van der Waals surface area contributed by atoms with E-state index in [2.05, 4.69) is 9.69 Å². The van der Waals surface area contributed by atoms with Crippen LogP contribution in [0.1, 0.15) is 38.5 Å². The minimum atomic E-state index is -3.34. The summed E-state index contributed by atoms with van der Waals surface area (Å²) in [6, 6.07) is 0. The van der Waals surface area contributed by atoms with Crippen LogP contribution in [0.25, 0.3) is 0 Å². The predicted molar refractivity (Wildman–Crippen MR) is 83.2 cm³/mol. The largest absolute Gasteiger partial charge is 0.393 e. The molecule has 2 saturated carbocycles. The van der Waals surface area contributed by atoms with Crippen molar-refractivity contribution in [1.82, 2.24) is 4.37 Å². The van der Waals surface area contributed by atoms with Gasteiger partial charge >= 0.3 is 0 Å². The van der Waals surface area contributed by atoms with Crippen LogP contribution >= 0.6 is 11.5 Å². The minimum absolute atomic E-state index is 0.109. The average Bonchev–Trinajstić information content (AvgIpc) is 3.21. The number of nitrogen functional groups attached to an aromatic ring is 1. The molecule has 2 fully saturated rings. The van der Waals surface area contributed by atoms with Crippen molar-refractivity contribution in [3.8, 4) is 0 Å². The molecule has 1 aromatic heterocycles. The Hall–Kier alpha value is -0.860. The lowest BCUT2D eigenvalue weighted by molar-refractivity contribution is 0.105. The number of sulfone groups is 1. The lowest BCUT2D eigenvalue weighted by Crippen LogP contribution is -2.25. The molecule has 0 saturated heterocycles. The van der Waals surface area contributed by atoms with Crippen molar-refractivity contribution in [3.63, 3.8) is 0 Å². The summed E-state index contributed by atoms with van der Waals surface area (Å²) in [5.74, 6) is 0.478. The fraction of sp³-hybridized carbons (Fsp3) is 0.769. The highest BCUT2D eigenvalue weighted by molar-refractivity contribution is 7.92. The summed E-state index contributed by atoms with van der Waals surface area (Å²) in [6.07, 6.45) is 4.91. The highest BCUT2D eigenvalue weighted by atomic mass is 32.2.